The van der Waals surface area contributed by atoms with Crippen molar-refractivity contribution in [2.75, 3.05) is 23.3 Å². The number of anilines is 2. The van der Waals surface area contributed by atoms with Gasteiger partial charge in [-0.2, -0.15) is 0 Å². The van der Waals surface area contributed by atoms with Crippen LogP contribution >= 0.6 is 0 Å². The normalized spacial score (nSPS) is 14.1. The zero-order valence-electron chi connectivity index (χ0n) is 20.6. The molecule has 4 aromatic rings. The Morgan fingerprint density at radius 1 is 1.03 bits per heavy atom. The fraction of sp³-hybridized carbons (Fsp3) is 0.286. The molecule has 1 saturated heterocycles. The number of benzene rings is 2. The minimum absolute atomic E-state index is 0.0284. The highest BCUT2D eigenvalue weighted by Gasteiger charge is 2.25. The second-order valence-electron chi connectivity index (χ2n) is 9.34. The molecule has 184 valence electrons. The molecule has 0 aliphatic carbocycles. The fourth-order valence-corrected chi connectivity index (χ4v) is 4.71. The first-order valence-electron chi connectivity index (χ1n) is 12.3. The van der Waals surface area contributed by atoms with E-state index in [0.717, 1.165) is 35.2 Å². The summed E-state index contributed by atoms with van der Waals surface area (Å²) in [6.07, 6.45) is 3.14. The lowest BCUT2D eigenvalue weighted by molar-refractivity contribution is 0.246. The van der Waals surface area contributed by atoms with Gasteiger partial charge in [-0.25, -0.2) is 14.8 Å². The number of urea groups is 1. The van der Waals surface area contributed by atoms with E-state index in [1.807, 2.05) is 79.4 Å². The molecule has 1 aliphatic heterocycles. The molecule has 2 amide bonds. The molecule has 0 radical (unpaired) electrons. The van der Waals surface area contributed by atoms with Crippen LogP contribution in [0.3, 0.4) is 0 Å². The smallest absolute Gasteiger partial charge is 0.319 e. The molecule has 0 unspecified atom stereocenters. The number of carbonyl (C=O) groups excluding carboxylic acids is 1. The van der Waals surface area contributed by atoms with Crippen molar-refractivity contribution in [3.8, 4) is 0 Å². The average molecular weight is 483 g/mol. The summed E-state index contributed by atoms with van der Waals surface area (Å²) in [7, 11) is 0. The standard InChI is InChI=1S/C28H30N6O2/c1-19-10-11-23(20(2)17-19)32-28(36)30-22-12-15-33(16-13-22)26-27(35)34(18-21-7-4-3-5-8-21)25-24(31-26)9-6-14-29-25/h3-11,14,17,22H,12-13,15-16,18H2,1-2H3,(H2,30,32,36). The third-order valence-electron chi connectivity index (χ3n) is 6.63. The van der Waals surface area contributed by atoms with E-state index in [2.05, 4.69) is 20.6 Å². The van der Waals surface area contributed by atoms with E-state index in [1.54, 1.807) is 10.8 Å². The van der Waals surface area contributed by atoms with Crippen LogP contribution in [0.4, 0.5) is 16.3 Å². The quantitative estimate of drug-likeness (QED) is 0.444. The number of amides is 2. The molecule has 1 fully saturated rings. The van der Waals surface area contributed by atoms with Gasteiger partial charge in [-0.3, -0.25) is 9.36 Å². The maximum Gasteiger partial charge on any atom is 0.319 e. The van der Waals surface area contributed by atoms with E-state index in [1.165, 1.54) is 0 Å². The summed E-state index contributed by atoms with van der Waals surface area (Å²) in [6.45, 7) is 5.71. The van der Waals surface area contributed by atoms with Crippen molar-refractivity contribution in [1.29, 1.82) is 0 Å². The van der Waals surface area contributed by atoms with Crippen molar-refractivity contribution >= 4 is 28.7 Å². The maximum absolute atomic E-state index is 13.5. The van der Waals surface area contributed by atoms with Gasteiger partial charge in [-0.1, -0.05) is 48.0 Å². The van der Waals surface area contributed by atoms with Gasteiger partial charge in [0.1, 0.15) is 5.52 Å². The second-order valence-corrected chi connectivity index (χ2v) is 9.34. The van der Waals surface area contributed by atoms with Crippen LogP contribution in [0.25, 0.3) is 11.2 Å². The van der Waals surface area contributed by atoms with Crippen LogP contribution in [0, 0.1) is 13.8 Å². The van der Waals surface area contributed by atoms with Crippen LogP contribution in [0.15, 0.2) is 71.7 Å². The van der Waals surface area contributed by atoms with Gasteiger partial charge in [0.05, 0.1) is 6.54 Å². The average Bonchev–Trinajstić information content (AvgIpc) is 2.88. The summed E-state index contributed by atoms with van der Waals surface area (Å²) in [6, 6.07) is 19.4. The van der Waals surface area contributed by atoms with E-state index in [0.29, 0.717) is 36.6 Å². The third-order valence-corrected chi connectivity index (χ3v) is 6.63. The van der Waals surface area contributed by atoms with E-state index in [9.17, 15) is 9.59 Å². The minimum atomic E-state index is -0.208. The highest BCUT2D eigenvalue weighted by atomic mass is 16.2. The minimum Gasteiger partial charge on any atom is -0.352 e. The lowest BCUT2D eigenvalue weighted by atomic mass is 10.1. The van der Waals surface area contributed by atoms with Crippen LogP contribution in [-0.4, -0.2) is 39.7 Å². The molecule has 2 aromatic carbocycles. The Kier molecular flexibility index (Phi) is 6.66. The van der Waals surface area contributed by atoms with E-state index in [4.69, 9.17) is 0 Å². The van der Waals surface area contributed by atoms with Crippen molar-refractivity contribution in [3.05, 3.63) is 93.9 Å². The van der Waals surface area contributed by atoms with Crippen LogP contribution in [0.1, 0.15) is 29.5 Å². The van der Waals surface area contributed by atoms with Gasteiger partial charge in [-0.05, 0) is 56.0 Å². The molecule has 0 saturated carbocycles. The van der Waals surface area contributed by atoms with Crippen molar-refractivity contribution in [1.82, 2.24) is 19.9 Å². The SMILES string of the molecule is Cc1ccc(NC(=O)NC2CCN(c3nc4cccnc4n(Cc4ccccc4)c3=O)CC2)c(C)c1. The lowest BCUT2D eigenvalue weighted by Gasteiger charge is -2.33. The number of pyridine rings is 1. The molecule has 8 nitrogen and oxygen atoms in total. The zero-order valence-corrected chi connectivity index (χ0v) is 20.6. The second kappa shape index (κ2) is 10.2. The Morgan fingerprint density at radius 2 is 1.81 bits per heavy atom. The highest BCUT2D eigenvalue weighted by molar-refractivity contribution is 5.90. The molecule has 36 heavy (non-hydrogen) atoms. The number of nitrogens with one attached hydrogen (secondary N) is 2. The van der Waals surface area contributed by atoms with Gasteiger partial charge < -0.3 is 15.5 Å². The number of aromatic nitrogens is 3. The molecule has 2 aromatic heterocycles. The van der Waals surface area contributed by atoms with Crippen LogP contribution in [0.2, 0.25) is 0 Å². The Balaban J connectivity index is 1.29. The van der Waals surface area contributed by atoms with Gasteiger partial charge in [0.2, 0.25) is 0 Å². The molecule has 2 N–H and O–H groups in total. The van der Waals surface area contributed by atoms with Gasteiger partial charge in [0.25, 0.3) is 5.56 Å². The van der Waals surface area contributed by atoms with E-state index < -0.39 is 0 Å². The Hall–Kier alpha value is -4.20. The number of rotatable bonds is 5. The summed E-state index contributed by atoms with van der Waals surface area (Å²) >= 11 is 0. The number of hydrogen-bond donors (Lipinski definition) is 2. The molecule has 1 aliphatic rings. The molecule has 0 spiro atoms. The number of carbonyl (C=O) groups is 1. The summed E-state index contributed by atoms with van der Waals surface area (Å²) < 4.78 is 1.70. The number of aryl methyl sites for hydroxylation is 2. The lowest BCUT2D eigenvalue weighted by Crippen LogP contribution is -2.47. The first-order valence-corrected chi connectivity index (χ1v) is 12.3. The number of piperidine rings is 1. The number of hydrogen-bond acceptors (Lipinski definition) is 5. The Labute approximate surface area is 210 Å². The molecule has 0 bridgehead atoms. The van der Waals surface area contributed by atoms with E-state index >= 15 is 0 Å². The Bertz CT molecular complexity index is 1440. The van der Waals surface area contributed by atoms with Crippen LogP contribution < -0.4 is 21.1 Å². The van der Waals surface area contributed by atoms with Crippen molar-refractivity contribution < 1.29 is 4.79 Å². The van der Waals surface area contributed by atoms with Gasteiger partial charge in [0, 0.05) is 31.0 Å². The summed E-state index contributed by atoms with van der Waals surface area (Å²) in [5.74, 6) is 0.435. The van der Waals surface area contributed by atoms with Crippen LogP contribution in [0.5, 0.6) is 0 Å². The molecule has 0 atom stereocenters. The summed E-state index contributed by atoms with van der Waals surface area (Å²) in [5, 5.41) is 6.03. The molecular formula is C28H30N6O2. The molecular weight excluding hydrogens is 452 g/mol. The fourth-order valence-electron chi connectivity index (χ4n) is 4.71. The van der Waals surface area contributed by atoms with Crippen molar-refractivity contribution in [2.24, 2.45) is 0 Å². The van der Waals surface area contributed by atoms with E-state index in [-0.39, 0.29) is 17.6 Å². The zero-order chi connectivity index (χ0) is 25.1. The summed E-state index contributed by atoms with van der Waals surface area (Å²) in [5.41, 5.74) is 5.15. The van der Waals surface area contributed by atoms with Crippen LogP contribution in [-0.2, 0) is 6.54 Å². The first kappa shape index (κ1) is 23.5. The first-order chi connectivity index (χ1) is 17.5. The topological polar surface area (TPSA) is 92.2 Å². The molecule has 5 rings (SSSR count). The van der Waals surface area contributed by atoms with Gasteiger partial charge in [-0.15, -0.1) is 0 Å². The molecule has 8 heteroatoms. The number of fused-ring (bicyclic) bond motifs is 1. The highest BCUT2D eigenvalue weighted by Crippen LogP contribution is 2.20. The van der Waals surface area contributed by atoms with Crippen molar-refractivity contribution in [2.45, 2.75) is 39.3 Å². The number of nitrogens with zero attached hydrogens (tertiary/aromatic N) is 4. The van der Waals surface area contributed by atoms with Gasteiger partial charge >= 0.3 is 6.03 Å². The summed E-state index contributed by atoms with van der Waals surface area (Å²) in [4.78, 5) is 37.3. The predicted molar refractivity (Wildman–Crippen MR) is 143 cm³/mol. The Morgan fingerprint density at radius 3 is 2.56 bits per heavy atom. The molecule has 3 heterocycles. The third kappa shape index (κ3) is 5.07. The monoisotopic (exact) mass is 482 g/mol. The largest absolute Gasteiger partial charge is 0.352 e. The predicted octanol–water partition coefficient (Wildman–Crippen LogP) is 4.25. The van der Waals surface area contributed by atoms with Crippen molar-refractivity contribution in [3.63, 3.8) is 0 Å². The van der Waals surface area contributed by atoms with Gasteiger partial charge in [0.15, 0.2) is 11.5 Å². The maximum atomic E-state index is 13.5.